The molecule has 0 radical (unpaired) electrons. The van der Waals surface area contributed by atoms with E-state index in [4.69, 9.17) is 23.2 Å². The van der Waals surface area contributed by atoms with Crippen molar-refractivity contribution in [3.8, 4) is 22.6 Å². The Bertz CT molecular complexity index is 827. The molecule has 3 rings (SSSR count). The van der Waals surface area contributed by atoms with Crippen LogP contribution < -0.4 is 5.32 Å². The highest BCUT2D eigenvalue weighted by Crippen LogP contribution is 2.28. The number of aryl methyl sites for hydroxylation is 1. The highest BCUT2D eigenvalue weighted by Gasteiger charge is 2.08. The third-order valence-electron chi connectivity index (χ3n) is 3.90. The van der Waals surface area contributed by atoms with Crippen LogP contribution in [0.1, 0.15) is 12.0 Å². The van der Waals surface area contributed by atoms with Crippen molar-refractivity contribution in [3.63, 3.8) is 0 Å². The Morgan fingerprint density at radius 3 is 2.71 bits per heavy atom. The molecule has 3 nitrogen and oxygen atoms in total. The van der Waals surface area contributed by atoms with Crippen LogP contribution in [-0.2, 0) is 6.42 Å². The number of hydrogen-bond donors (Lipinski definition) is 2. The van der Waals surface area contributed by atoms with Gasteiger partial charge in [0.05, 0.1) is 21.9 Å². The van der Waals surface area contributed by atoms with Crippen LogP contribution in [0.4, 0.5) is 0 Å². The van der Waals surface area contributed by atoms with Gasteiger partial charge in [-0.15, -0.1) is 0 Å². The van der Waals surface area contributed by atoms with Gasteiger partial charge in [-0.3, -0.25) is 0 Å². The molecule has 0 unspecified atom stereocenters. The molecule has 24 heavy (non-hydrogen) atoms. The molecule has 0 saturated heterocycles. The highest BCUT2D eigenvalue weighted by molar-refractivity contribution is 6.42. The molecule has 1 heterocycles. The second kappa shape index (κ2) is 7.84. The van der Waals surface area contributed by atoms with Crippen molar-refractivity contribution in [2.75, 3.05) is 13.6 Å². The topological polar surface area (TPSA) is 40.7 Å². The molecule has 2 N–H and O–H groups in total. The van der Waals surface area contributed by atoms with E-state index in [1.54, 1.807) is 6.07 Å². The van der Waals surface area contributed by atoms with Gasteiger partial charge in [0.1, 0.15) is 5.82 Å². The van der Waals surface area contributed by atoms with Gasteiger partial charge in [-0.1, -0.05) is 41.4 Å². The van der Waals surface area contributed by atoms with Crippen LogP contribution in [0.15, 0.2) is 48.7 Å². The summed E-state index contributed by atoms with van der Waals surface area (Å²) in [7, 11) is 1.98. The predicted octanol–water partition coefficient (Wildman–Crippen LogP) is 5.20. The minimum Gasteiger partial charge on any atom is -0.338 e. The largest absolute Gasteiger partial charge is 0.338 e. The summed E-state index contributed by atoms with van der Waals surface area (Å²) in [6, 6.07) is 14.1. The smallest absolute Gasteiger partial charge is 0.137 e. The predicted molar refractivity (Wildman–Crippen MR) is 102 cm³/mol. The number of nitrogens with one attached hydrogen (secondary N) is 2. The van der Waals surface area contributed by atoms with Crippen LogP contribution in [-0.4, -0.2) is 23.6 Å². The Balaban J connectivity index is 1.82. The highest BCUT2D eigenvalue weighted by atomic mass is 35.5. The van der Waals surface area contributed by atoms with Crippen molar-refractivity contribution < 1.29 is 0 Å². The van der Waals surface area contributed by atoms with Gasteiger partial charge in [-0.25, -0.2) is 4.98 Å². The summed E-state index contributed by atoms with van der Waals surface area (Å²) in [5, 5.41) is 4.25. The molecule has 0 bridgehead atoms. The molecule has 0 spiro atoms. The maximum atomic E-state index is 6.09. The standard InChI is InChI=1S/C19H19Cl2N3/c1-22-9-3-5-13-4-2-6-14(10-13)18-12-23-19(24-18)15-7-8-16(20)17(21)11-15/h2,4,6-8,10-12,22H,3,5,9H2,1H3,(H,23,24). The van der Waals surface area contributed by atoms with Crippen LogP contribution in [0.5, 0.6) is 0 Å². The van der Waals surface area contributed by atoms with Crippen LogP contribution in [0.2, 0.25) is 10.0 Å². The van der Waals surface area contributed by atoms with Gasteiger partial charge in [-0.2, -0.15) is 0 Å². The normalized spacial score (nSPS) is 11.0. The van der Waals surface area contributed by atoms with Gasteiger partial charge in [0.2, 0.25) is 0 Å². The summed E-state index contributed by atoms with van der Waals surface area (Å²) in [4.78, 5) is 7.83. The van der Waals surface area contributed by atoms with Crippen molar-refractivity contribution in [2.24, 2.45) is 0 Å². The summed E-state index contributed by atoms with van der Waals surface area (Å²) in [5.74, 6) is 0.782. The second-order valence-corrected chi connectivity index (χ2v) is 6.50. The van der Waals surface area contributed by atoms with Crippen LogP contribution in [0, 0.1) is 0 Å². The number of rotatable bonds is 6. The van der Waals surface area contributed by atoms with Crippen molar-refractivity contribution in [3.05, 3.63) is 64.3 Å². The maximum absolute atomic E-state index is 6.09. The number of H-pyrrole nitrogens is 1. The van der Waals surface area contributed by atoms with Gasteiger partial charge in [-0.05, 0) is 61.8 Å². The molecule has 3 aromatic rings. The molecule has 2 aromatic carbocycles. The maximum Gasteiger partial charge on any atom is 0.137 e. The Hall–Kier alpha value is -1.81. The number of benzene rings is 2. The molecule has 0 atom stereocenters. The zero-order valence-electron chi connectivity index (χ0n) is 13.4. The van der Waals surface area contributed by atoms with Crippen molar-refractivity contribution in [1.29, 1.82) is 0 Å². The molecular weight excluding hydrogens is 341 g/mol. The summed E-state index contributed by atoms with van der Waals surface area (Å²) >= 11 is 12.1. The van der Waals surface area contributed by atoms with E-state index < -0.39 is 0 Å². The second-order valence-electron chi connectivity index (χ2n) is 5.68. The Morgan fingerprint density at radius 1 is 1.04 bits per heavy atom. The van der Waals surface area contributed by atoms with Gasteiger partial charge in [0, 0.05) is 5.56 Å². The summed E-state index contributed by atoms with van der Waals surface area (Å²) in [6.45, 7) is 1.02. The molecule has 1 aromatic heterocycles. The molecule has 0 saturated carbocycles. The Kier molecular flexibility index (Phi) is 5.56. The van der Waals surface area contributed by atoms with E-state index >= 15 is 0 Å². The molecule has 0 aliphatic carbocycles. The summed E-state index contributed by atoms with van der Waals surface area (Å²) < 4.78 is 0. The number of imidazole rings is 1. The summed E-state index contributed by atoms with van der Waals surface area (Å²) in [5.41, 5.74) is 4.37. The SMILES string of the molecule is CNCCCc1cccc(-c2cnc(-c3ccc(Cl)c(Cl)c3)[nH]2)c1. The molecule has 5 heteroatoms. The third-order valence-corrected chi connectivity index (χ3v) is 4.64. The van der Waals surface area contributed by atoms with Gasteiger partial charge >= 0.3 is 0 Å². The number of halogens is 2. The van der Waals surface area contributed by atoms with Gasteiger partial charge in [0.25, 0.3) is 0 Å². The first-order valence-corrected chi connectivity index (χ1v) is 8.67. The molecule has 0 fully saturated rings. The molecular formula is C19H19Cl2N3. The first-order valence-electron chi connectivity index (χ1n) is 7.91. The van der Waals surface area contributed by atoms with Crippen molar-refractivity contribution in [2.45, 2.75) is 12.8 Å². The summed E-state index contributed by atoms with van der Waals surface area (Å²) in [6.07, 6.45) is 4.03. The fourth-order valence-corrected chi connectivity index (χ4v) is 2.92. The van der Waals surface area contributed by atoms with Crippen LogP contribution >= 0.6 is 23.2 Å². The van der Waals surface area contributed by atoms with E-state index in [0.29, 0.717) is 10.0 Å². The lowest BCUT2D eigenvalue weighted by molar-refractivity contribution is 0.725. The van der Waals surface area contributed by atoms with E-state index in [-0.39, 0.29) is 0 Å². The number of aromatic amines is 1. The lowest BCUT2D eigenvalue weighted by Crippen LogP contribution is -2.08. The zero-order chi connectivity index (χ0) is 16.9. The fourth-order valence-electron chi connectivity index (χ4n) is 2.62. The number of hydrogen-bond acceptors (Lipinski definition) is 2. The lowest BCUT2D eigenvalue weighted by Gasteiger charge is -2.04. The van der Waals surface area contributed by atoms with E-state index in [1.165, 1.54) is 5.56 Å². The number of nitrogens with zero attached hydrogens (tertiary/aromatic N) is 1. The van der Waals surface area contributed by atoms with Gasteiger partial charge in [0.15, 0.2) is 0 Å². The minimum atomic E-state index is 0.527. The third kappa shape index (κ3) is 3.99. The molecule has 0 aliphatic heterocycles. The van der Waals surface area contributed by atoms with Crippen molar-refractivity contribution >= 4 is 23.2 Å². The average Bonchev–Trinajstić information content (AvgIpc) is 3.08. The zero-order valence-corrected chi connectivity index (χ0v) is 15.0. The Labute approximate surface area is 152 Å². The minimum absolute atomic E-state index is 0.527. The van der Waals surface area contributed by atoms with E-state index in [1.807, 2.05) is 25.4 Å². The van der Waals surface area contributed by atoms with Crippen molar-refractivity contribution in [1.82, 2.24) is 15.3 Å². The van der Waals surface area contributed by atoms with E-state index in [2.05, 4.69) is 39.6 Å². The first-order chi connectivity index (χ1) is 11.7. The number of aromatic nitrogens is 2. The van der Waals surface area contributed by atoms with Crippen LogP contribution in [0.25, 0.3) is 22.6 Å². The Morgan fingerprint density at radius 2 is 1.92 bits per heavy atom. The average molecular weight is 360 g/mol. The van der Waals surface area contributed by atoms with Crippen LogP contribution in [0.3, 0.4) is 0 Å². The van der Waals surface area contributed by atoms with E-state index in [0.717, 1.165) is 42.0 Å². The van der Waals surface area contributed by atoms with Gasteiger partial charge < -0.3 is 10.3 Å². The molecule has 124 valence electrons. The first kappa shape index (κ1) is 17.0. The molecule has 0 aliphatic rings. The fraction of sp³-hybridized carbons (Fsp3) is 0.211. The monoisotopic (exact) mass is 359 g/mol. The molecule has 0 amide bonds. The lowest BCUT2D eigenvalue weighted by atomic mass is 10.0. The quantitative estimate of drug-likeness (QED) is 0.593. The van der Waals surface area contributed by atoms with E-state index in [9.17, 15) is 0 Å².